The summed E-state index contributed by atoms with van der Waals surface area (Å²) in [7, 11) is 4.64. The van der Waals surface area contributed by atoms with Crippen molar-refractivity contribution in [3.63, 3.8) is 0 Å². The van der Waals surface area contributed by atoms with Crippen LogP contribution in [0.5, 0.6) is 17.2 Å². The van der Waals surface area contributed by atoms with E-state index in [1.807, 2.05) is 48.7 Å². The number of nitrogens with one attached hydrogen (secondary N) is 2. The number of carbonyl (C=O) groups is 2. The highest BCUT2D eigenvalue weighted by molar-refractivity contribution is 6.02. The number of nitrogens with zero attached hydrogens (tertiary/aromatic N) is 1. The molecule has 0 saturated heterocycles. The first kappa shape index (κ1) is 31.0. The fourth-order valence-electron chi connectivity index (χ4n) is 6.23. The molecule has 4 aromatic rings. The summed E-state index contributed by atoms with van der Waals surface area (Å²) in [6.07, 6.45) is 8.74. The molecule has 0 unspecified atom stereocenters. The third kappa shape index (κ3) is 6.69. The average Bonchev–Trinajstić information content (AvgIpc) is 3.48. The van der Waals surface area contributed by atoms with E-state index in [1.165, 1.54) is 6.42 Å². The molecule has 0 bridgehead atoms. The molecule has 1 aliphatic carbocycles. The van der Waals surface area contributed by atoms with E-state index in [1.54, 1.807) is 38.4 Å². The second-order valence-corrected chi connectivity index (χ2v) is 11.3. The van der Waals surface area contributed by atoms with E-state index in [4.69, 9.17) is 14.2 Å². The zero-order valence-corrected chi connectivity index (χ0v) is 26.2. The Balaban J connectivity index is 1.58. The minimum atomic E-state index is -0.964. The Hall–Kier alpha value is -4.46. The van der Waals surface area contributed by atoms with Gasteiger partial charge in [0.05, 0.1) is 21.3 Å². The van der Waals surface area contributed by atoms with Crippen LogP contribution >= 0.6 is 0 Å². The molecule has 232 valence electrons. The van der Waals surface area contributed by atoms with Crippen LogP contribution in [0.4, 0.5) is 5.69 Å². The van der Waals surface area contributed by atoms with Crippen LogP contribution in [-0.2, 0) is 22.4 Å². The zero-order valence-electron chi connectivity index (χ0n) is 26.2. The van der Waals surface area contributed by atoms with Crippen LogP contribution in [-0.4, -0.2) is 44.2 Å². The number of aromatic amines is 1. The SMILES string of the molecule is CCc1ccc(N(C(=O)CCc2c[nH]c3ccccc23)[C@H](C(=O)NC2CCCCC2)c2cc(OC)c(OC)c(OC)c2)cc1. The van der Waals surface area contributed by atoms with E-state index in [9.17, 15) is 9.59 Å². The Morgan fingerprint density at radius 3 is 2.25 bits per heavy atom. The summed E-state index contributed by atoms with van der Waals surface area (Å²) in [6, 6.07) is 18.6. The molecule has 1 aromatic heterocycles. The zero-order chi connectivity index (χ0) is 31.1. The Morgan fingerprint density at radius 1 is 0.932 bits per heavy atom. The van der Waals surface area contributed by atoms with Gasteiger partial charge in [-0.15, -0.1) is 0 Å². The molecular weight excluding hydrogens is 554 g/mol. The number of carbonyl (C=O) groups excluding carboxylic acids is 2. The van der Waals surface area contributed by atoms with Crippen LogP contribution in [0.3, 0.4) is 0 Å². The van der Waals surface area contributed by atoms with Crippen LogP contribution in [0.15, 0.2) is 66.9 Å². The largest absolute Gasteiger partial charge is 0.493 e. The molecular formula is C36H43N3O5. The van der Waals surface area contributed by atoms with Crippen molar-refractivity contribution in [3.05, 3.63) is 83.6 Å². The van der Waals surface area contributed by atoms with Gasteiger partial charge in [0.15, 0.2) is 11.5 Å². The van der Waals surface area contributed by atoms with Crippen molar-refractivity contribution >= 4 is 28.4 Å². The van der Waals surface area contributed by atoms with E-state index < -0.39 is 6.04 Å². The number of aryl methyl sites for hydroxylation is 2. The molecule has 8 nitrogen and oxygen atoms in total. The van der Waals surface area contributed by atoms with Crippen molar-refractivity contribution in [2.75, 3.05) is 26.2 Å². The van der Waals surface area contributed by atoms with Crippen molar-refractivity contribution in [2.45, 2.75) is 70.4 Å². The number of para-hydroxylation sites is 1. The van der Waals surface area contributed by atoms with Crippen molar-refractivity contribution < 1.29 is 23.8 Å². The van der Waals surface area contributed by atoms with Crippen LogP contribution in [0, 0.1) is 0 Å². The number of aromatic nitrogens is 1. The fraction of sp³-hybridized carbons (Fsp3) is 0.389. The van der Waals surface area contributed by atoms with E-state index in [0.717, 1.165) is 54.1 Å². The lowest BCUT2D eigenvalue weighted by Gasteiger charge is -2.34. The number of benzene rings is 3. The molecule has 2 N–H and O–H groups in total. The summed E-state index contributed by atoms with van der Waals surface area (Å²) in [5, 5.41) is 4.38. The molecule has 2 amide bonds. The molecule has 5 rings (SSSR count). The number of amides is 2. The first-order chi connectivity index (χ1) is 21.5. The molecule has 0 radical (unpaired) electrons. The molecule has 1 saturated carbocycles. The maximum absolute atomic E-state index is 14.4. The molecule has 44 heavy (non-hydrogen) atoms. The Bertz CT molecular complexity index is 1550. The maximum Gasteiger partial charge on any atom is 0.248 e. The Labute approximate surface area is 259 Å². The second-order valence-electron chi connectivity index (χ2n) is 11.3. The smallest absolute Gasteiger partial charge is 0.248 e. The van der Waals surface area contributed by atoms with Crippen LogP contribution < -0.4 is 24.4 Å². The molecule has 3 aromatic carbocycles. The van der Waals surface area contributed by atoms with Crippen molar-refractivity contribution in [1.29, 1.82) is 0 Å². The summed E-state index contributed by atoms with van der Waals surface area (Å²) in [4.78, 5) is 33.8. The van der Waals surface area contributed by atoms with Gasteiger partial charge in [0.2, 0.25) is 17.6 Å². The summed E-state index contributed by atoms with van der Waals surface area (Å²) in [6.45, 7) is 2.09. The lowest BCUT2D eigenvalue weighted by molar-refractivity contribution is -0.127. The third-order valence-corrected chi connectivity index (χ3v) is 8.64. The molecule has 1 fully saturated rings. The number of anilines is 1. The van der Waals surface area contributed by atoms with Crippen molar-refractivity contribution in [1.82, 2.24) is 10.3 Å². The van der Waals surface area contributed by atoms with Gasteiger partial charge < -0.3 is 24.5 Å². The minimum Gasteiger partial charge on any atom is -0.493 e. The highest BCUT2D eigenvalue weighted by Gasteiger charge is 2.35. The predicted octanol–water partition coefficient (Wildman–Crippen LogP) is 6.91. The summed E-state index contributed by atoms with van der Waals surface area (Å²) in [5.41, 5.74) is 4.47. The van der Waals surface area contributed by atoms with Gasteiger partial charge in [-0.05, 0) is 72.7 Å². The fourth-order valence-corrected chi connectivity index (χ4v) is 6.23. The normalized spacial score (nSPS) is 14.2. The van der Waals surface area contributed by atoms with Crippen molar-refractivity contribution in [3.8, 4) is 17.2 Å². The van der Waals surface area contributed by atoms with Gasteiger partial charge in [0.25, 0.3) is 0 Å². The summed E-state index contributed by atoms with van der Waals surface area (Å²) < 4.78 is 16.9. The van der Waals surface area contributed by atoms with Crippen LogP contribution in [0.2, 0.25) is 0 Å². The van der Waals surface area contributed by atoms with Gasteiger partial charge in [-0.1, -0.05) is 56.5 Å². The Kier molecular flexibility index (Phi) is 10.1. The van der Waals surface area contributed by atoms with Crippen LogP contribution in [0.25, 0.3) is 10.9 Å². The van der Waals surface area contributed by atoms with Gasteiger partial charge in [-0.3, -0.25) is 14.5 Å². The molecule has 0 spiro atoms. The topological polar surface area (TPSA) is 92.9 Å². The summed E-state index contributed by atoms with van der Waals surface area (Å²) >= 11 is 0. The molecule has 1 heterocycles. The summed E-state index contributed by atoms with van der Waals surface area (Å²) in [5.74, 6) is 0.882. The molecule has 1 atom stereocenters. The van der Waals surface area contributed by atoms with Gasteiger partial charge in [0.1, 0.15) is 6.04 Å². The first-order valence-corrected chi connectivity index (χ1v) is 15.5. The number of rotatable bonds is 12. The number of H-pyrrole nitrogens is 1. The van der Waals surface area contributed by atoms with Gasteiger partial charge in [-0.25, -0.2) is 0 Å². The highest BCUT2D eigenvalue weighted by Crippen LogP contribution is 2.42. The number of methoxy groups -OCH3 is 3. The first-order valence-electron chi connectivity index (χ1n) is 15.5. The lowest BCUT2D eigenvalue weighted by atomic mass is 9.94. The minimum absolute atomic E-state index is 0.0615. The van der Waals surface area contributed by atoms with E-state index >= 15 is 0 Å². The van der Waals surface area contributed by atoms with Gasteiger partial charge in [0, 0.05) is 35.2 Å². The van der Waals surface area contributed by atoms with E-state index in [0.29, 0.717) is 34.9 Å². The highest BCUT2D eigenvalue weighted by atomic mass is 16.5. The van der Waals surface area contributed by atoms with Crippen molar-refractivity contribution in [2.24, 2.45) is 0 Å². The van der Waals surface area contributed by atoms with Gasteiger partial charge in [-0.2, -0.15) is 0 Å². The number of fused-ring (bicyclic) bond motifs is 1. The molecule has 8 heteroatoms. The van der Waals surface area contributed by atoms with E-state index in [-0.39, 0.29) is 24.3 Å². The predicted molar refractivity (Wildman–Crippen MR) is 174 cm³/mol. The number of ether oxygens (including phenoxy) is 3. The quantitative estimate of drug-likeness (QED) is 0.185. The monoisotopic (exact) mass is 597 g/mol. The third-order valence-electron chi connectivity index (χ3n) is 8.64. The Morgan fingerprint density at radius 2 is 1.61 bits per heavy atom. The lowest BCUT2D eigenvalue weighted by Crippen LogP contribution is -2.47. The standard InChI is InChI=1S/C36H43N3O5/c1-5-24-15-18-28(19-16-24)39(33(40)20-17-25-23-37-30-14-10-9-13-29(25)30)34(36(41)38-27-11-7-6-8-12-27)26-21-31(42-2)35(44-4)32(22-26)43-3/h9-10,13-16,18-19,21-23,27,34,37H,5-8,11-12,17,20H2,1-4H3,(H,38,41)/t34-/m0/s1. The molecule has 1 aliphatic rings. The average molecular weight is 598 g/mol. The van der Waals surface area contributed by atoms with Gasteiger partial charge >= 0.3 is 0 Å². The number of hydrogen-bond acceptors (Lipinski definition) is 5. The number of hydrogen-bond donors (Lipinski definition) is 2. The maximum atomic E-state index is 14.4. The second kappa shape index (κ2) is 14.3. The molecule has 0 aliphatic heterocycles. The van der Waals surface area contributed by atoms with Crippen LogP contribution in [0.1, 0.15) is 68.2 Å². The van der Waals surface area contributed by atoms with E-state index in [2.05, 4.69) is 23.3 Å².